The van der Waals surface area contributed by atoms with Gasteiger partial charge in [-0.15, -0.1) is 11.3 Å². The van der Waals surface area contributed by atoms with Crippen LogP contribution in [0.25, 0.3) is 10.1 Å². The van der Waals surface area contributed by atoms with Gasteiger partial charge < -0.3 is 15.2 Å². The minimum atomic E-state index is -0.946. The number of hydrogen-bond acceptors (Lipinski definition) is 5. The molecule has 6 nitrogen and oxygen atoms in total. The molecule has 0 bridgehead atoms. The summed E-state index contributed by atoms with van der Waals surface area (Å²) >= 11 is 1.19. The number of rotatable bonds is 4. The van der Waals surface area contributed by atoms with E-state index in [1.807, 2.05) is 0 Å². The number of hydrogen-bond donors (Lipinski definition) is 2. The number of benzene rings is 1. The summed E-state index contributed by atoms with van der Waals surface area (Å²) in [5.74, 6) is -0.202. The second-order valence-electron chi connectivity index (χ2n) is 4.67. The number of ether oxygens (including phenoxy) is 1. The molecule has 0 saturated carbocycles. The van der Waals surface area contributed by atoms with Crippen molar-refractivity contribution >= 4 is 33.3 Å². The van der Waals surface area contributed by atoms with Crippen molar-refractivity contribution in [3.05, 3.63) is 53.2 Å². The molecule has 0 saturated heterocycles. The Balaban J connectivity index is 1.89. The molecule has 0 radical (unpaired) electrons. The topological polar surface area (TPSA) is 88.5 Å². The van der Waals surface area contributed by atoms with E-state index in [0.29, 0.717) is 11.5 Å². The predicted octanol–water partition coefficient (Wildman–Crippen LogP) is 3.15. The molecule has 0 atom stereocenters. The number of carbonyl (C=O) groups is 2. The van der Waals surface area contributed by atoms with Gasteiger partial charge in [0.25, 0.3) is 5.91 Å². The highest BCUT2D eigenvalue weighted by Crippen LogP contribution is 2.31. The zero-order valence-corrected chi connectivity index (χ0v) is 12.9. The SMILES string of the molecule is CNC(=O)c1cc(Oc2ccc3cc(C(=O)O)sc3c2)ccn1. The van der Waals surface area contributed by atoms with E-state index in [-0.39, 0.29) is 16.5 Å². The molecule has 1 aromatic carbocycles. The molecule has 3 rings (SSSR count). The zero-order valence-electron chi connectivity index (χ0n) is 12.1. The average molecular weight is 328 g/mol. The lowest BCUT2D eigenvalue weighted by atomic mass is 10.2. The largest absolute Gasteiger partial charge is 0.477 e. The maximum Gasteiger partial charge on any atom is 0.345 e. The second kappa shape index (κ2) is 6.05. The van der Waals surface area contributed by atoms with Gasteiger partial charge >= 0.3 is 5.97 Å². The third-order valence-corrected chi connectivity index (χ3v) is 4.21. The summed E-state index contributed by atoms with van der Waals surface area (Å²) in [4.78, 5) is 26.8. The summed E-state index contributed by atoms with van der Waals surface area (Å²) in [7, 11) is 1.53. The van der Waals surface area contributed by atoms with Crippen molar-refractivity contribution in [1.29, 1.82) is 0 Å². The first-order valence-corrected chi connectivity index (χ1v) is 7.51. The molecule has 0 aliphatic carbocycles. The lowest BCUT2D eigenvalue weighted by Crippen LogP contribution is -2.18. The summed E-state index contributed by atoms with van der Waals surface area (Å²) in [6.45, 7) is 0. The Kier molecular flexibility index (Phi) is 3.94. The maximum absolute atomic E-state index is 11.6. The standard InChI is InChI=1S/C16H12N2O4S/c1-17-15(19)12-7-11(4-5-18-12)22-10-3-2-9-6-14(16(20)21)23-13(9)8-10/h2-8H,1H3,(H,17,19)(H,20,21). The summed E-state index contributed by atoms with van der Waals surface area (Å²) in [6, 6.07) is 10.1. The fourth-order valence-corrected chi connectivity index (χ4v) is 2.97. The molecular formula is C16H12N2O4S. The van der Waals surface area contributed by atoms with Crippen molar-refractivity contribution in [3.63, 3.8) is 0 Å². The highest BCUT2D eigenvalue weighted by atomic mass is 32.1. The van der Waals surface area contributed by atoms with Gasteiger partial charge in [0, 0.05) is 24.0 Å². The predicted molar refractivity (Wildman–Crippen MR) is 86.5 cm³/mol. The van der Waals surface area contributed by atoms with Crippen molar-refractivity contribution in [2.75, 3.05) is 7.05 Å². The Morgan fingerprint density at radius 1 is 1.17 bits per heavy atom. The number of amides is 1. The van der Waals surface area contributed by atoms with E-state index in [9.17, 15) is 9.59 Å². The van der Waals surface area contributed by atoms with Crippen LogP contribution in [0.1, 0.15) is 20.2 Å². The Morgan fingerprint density at radius 3 is 2.70 bits per heavy atom. The number of aromatic nitrogens is 1. The van der Waals surface area contributed by atoms with Crippen LogP contribution in [0.3, 0.4) is 0 Å². The van der Waals surface area contributed by atoms with Gasteiger partial charge in [0.1, 0.15) is 22.1 Å². The van der Waals surface area contributed by atoms with Crippen LogP contribution in [0.5, 0.6) is 11.5 Å². The van der Waals surface area contributed by atoms with Crippen molar-refractivity contribution < 1.29 is 19.4 Å². The first kappa shape index (κ1) is 15.0. The molecule has 0 fully saturated rings. The van der Waals surface area contributed by atoms with Crippen LogP contribution in [0.2, 0.25) is 0 Å². The number of carbonyl (C=O) groups excluding carboxylic acids is 1. The van der Waals surface area contributed by atoms with Crippen molar-refractivity contribution in [2.24, 2.45) is 0 Å². The van der Waals surface area contributed by atoms with Crippen LogP contribution in [0, 0.1) is 0 Å². The van der Waals surface area contributed by atoms with Gasteiger partial charge in [-0.25, -0.2) is 4.79 Å². The molecule has 2 aromatic heterocycles. The molecule has 1 amide bonds. The summed E-state index contributed by atoms with van der Waals surface area (Å²) < 4.78 is 6.55. The fourth-order valence-electron chi connectivity index (χ4n) is 2.04. The number of carboxylic acids is 1. The first-order chi connectivity index (χ1) is 11.1. The Labute approximate surface area is 135 Å². The molecule has 23 heavy (non-hydrogen) atoms. The van der Waals surface area contributed by atoms with E-state index < -0.39 is 5.97 Å². The number of thiophene rings is 1. The van der Waals surface area contributed by atoms with E-state index in [1.54, 1.807) is 36.4 Å². The number of nitrogens with one attached hydrogen (secondary N) is 1. The third-order valence-electron chi connectivity index (χ3n) is 3.13. The maximum atomic E-state index is 11.6. The molecular weight excluding hydrogens is 316 g/mol. The number of carboxylic acid groups (broad SMARTS) is 1. The van der Waals surface area contributed by atoms with Crippen molar-refractivity contribution in [3.8, 4) is 11.5 Å². The molecule has 0 aliphatic rings. The Morgan fingerprint density at radius 2 is 1.96 bits per heavy atom. The average Bonchev–Trinajstić information content (AvgIpc) is 2.98. The zero-order chi connectivity index (χ0) is 16.4. The Hall–Kier alpha value is -2.93. The molecule has 0 unspecified atom stereocenters. The minimum absolute atomic E-state index is 0.260. The number of nitrogens with zero attached hydrogens (tertiary/aromatic N) is 1. The van der Waals surface area contributed by atoms with E-state index in [4.69, 9.17) is 9.84 Å². The monoisotopic (exact) mass is 328 g/mol. The van der Waals surface area contributed by atoms with E-state index in [0.717, 1.165) is 10.1 Å². The van der Waals surface area contributed by atoms with Crippen LogP contribution < -0.4 is 10.1 Å². The van der Waals surface area contributed by atoms with E-state index >= 15 is 0 Å². The van der Waals surface area contributed by atoms with Crippen molar-refractivity contribution in [1.82, 2.24) is 10.3 Å². The number of pyridine rings is 1. The highest BCUT2D eigenvalue weighted by molar-refractivity contribution is 7.20. The molecule has 2 N–H and O–H groups in total. The number of fused-ring (bicyclic) bond motifs is 1. The van der Waals surface area contributed by atoms with Crippen LogP contribution >= 0.6 is 11.3 Å². The molecule has 116 valence electrons. The quantitative estimate of drug-likeness (QED) is 0.768. The van der Waals surface area contributed by atoms with Gasteiger partial charge in [-0.2, -0.15) is 0 Å². The molecule has 3 aromatic rings. The van der Waals surface area contributed by atoms with Crippen LogP contribution in [0.4, 0.5) is 0 Å². The van der Waals surface area contributed by atoms with Gasteiger partial charge in [-0.1, -0.05) is 0 Å². The van der Waals surface area contributed by atoms with Gasteiger partial charge in [-0.05, 0) is 35.7 Å². The smallest absolute Gasteiger partial charge is 0.345 e. The van der Waals surface area contributed by atoms with Gasteiger partial charge in [0.2, 0.25) is 0 Å². The van der Waals surface area contributed by atoms with Crippen molar-refractivity contribution in [2.45, 2.75) is 0 Å². The minimum Gasteiger partial charge on any atom is -0.477 e. The van der Waals surface area contributed by atoms with Gasteiger partial charge in [-0.3, -0.25) is 9.78 Å². The first-order valence-electron chi connectivity index (χ1n) is 6.69. The lowest BCUT2D eigenvalue weighted by Gasteiger charge is -2.06. The van der Waals surface area contributed by atoms with E-state index in [2.05, 4.69) is 10.3 Å². The van der Waals surface area contributed by atoms with Gasteiger partial charge in [0.15, 0.2) is 0 Å². The number of aromatic carboxylic acids is 1. The lowest BCUT2D eigenvalue weighted by molar-refractivity contribution is 0.0702. The van der Waals surface area contributed by atoms with Crippen LogP contribution in [-0.2, 0) is 0 Å². The summed E-state index contributed by atoms with van der Waals surface area (Å²) in [5.41, 5.74) is 0.260. The molecule has 2 heterocycles. The Bertz CT molecular complexity index is 904. The summed E-state index contributed by atoms with van der Waals surface area (Å²) in [5, 5.41) is 12.4. The fraction of sp³-hybridized carbons (Fsp3) is 0.0625. The van der Waals surface area contributed by atoms with Crippen LogP contribution in [-0.4, -0.2) is 29.0 Å². The summed E-state index contributed by atoms with van der Waals surface area (Å²) in [6.07, 6.45) is 1.49. The normalized spacial score (nSPS) is 10.5. The highest BCUT2D eigenvalue weighted by Gasteiger charge is 2.10. The second-order valence-corrected chi connectivity index (χ2v) is 5.76. The van der Waals surface area contributed by atoms with E-state index in [1.165, 1.54) is 24.6 Å². The van der Waals surface area contributed by atoms with Crippen LogP contribution in [0.15, 0.2) is 42.6 Å². The molecule has 0 aliphatic heterocycles. The molecule has 0 spiro atoms. The third kappa shape index (κ3) is 3.14. The van der Waals surface area contributed by atoms with Gasteiger partial charge in [0.05, 0.1) is 0 Å². The molecule has 7 heteroatoms.